The highest BCUT2D eigenvalue weighted by atomic mass is 35.5. The summed E-state index contributed by atoms with van der Waals surface area (Å²) >= 11 is 6.20. The van der Waals surface area contributed by atoms with Gasteiger partial charge in [0.2, 0.25) is 0 Å². The Morgan fingerprint density at radius 1 is 1.55 bits per heavy atom. The maximum atomic E-state index is 6.20. The third-order valence-electron chi connectivity index (χ3n) is 2.37. The maximum Gasteiger partial charge on any atom is 0.0403 e. The summed E-state index contributed by atoms with van der Waals surface area (Å²) in [5, 5.41) is 3.71. The van der Waals surface area contributed by atoms with E-state index in [-0.39, 0.29) is 7.92 Å². The van der Waals surface area contributed by atoms with E-state index in [1.54, 1.807) is 0 Å². The first kappa shape index (κ1) is 9.77. The third-order valence-corrected chi connectivity index (χ3v) is 5.63. The Labute approximate surface area is 75.6 Å². The summed E-state index contributed by atoms with van der Waals surface area (Å²) in [6.07, 6.45) is 5.11. The Kier molecular flexibility index (Phi) is 4.12. The summed E-state index contributed by atoms with van der Waals surface area (Å²) in [6.45, 7) is 2.36. The molecule has 3 unspecified atom stereocenters. The van der Waals surface area contributed by atoms with Crippen LogP contribution in [0.3, 0.4) is 0 Å². The van der Waals surface area contributed by atoms with Crippen LogP contribution in [0.5, 0.6) is 0 Å². The molecule has 11 heavy (non-hydrogen) atoms. The molecule has 1 aliphatic carbocycles. The van der Waals surface area contributed by atoms with Crippen LogP contribution in [0.1, 0.15) is 19.3 Å². The van der Waals surface area contributed by atoms with Crippen LogP contribution in [0.15, 0.2) is 0 Å². The molecule has 3 atom stereocenters. The first-order valence-corrected chi connectivity index (χ1v) is 6.72. The van der Waals surface area contributed by atoms with Crippen LogP contribution in [-0.2, 0) is 0 Å². The van der Waals surface area contributed by atoms with Crippen molar-refractivity contribution in [3.63, 3.8) is 0 Å². The molecule has 0 aromatic carbocycles. The second-order valence-corrected chi connectivity index (χ2v) is 6.34. The highest BCUT2D eigenvalue weighted by molar-refractivity contribution is 7.57. The van der Waals surface area contributed by atoms with E-state index >= 15 is 0 Å². The first-order chi connectivity index (χ1) is 5.25. The fraction of sp³-hybridized carbons (Fsp3) is 1.00. The van der Waals surface area contributed by atoms with Crippen molar-refractivity contribution >= 4 is 19.5 Å². The van der Waals surface area contributed by atoms with Gasteiger partial charge in [-0.3, -0.25) is 0 Å². The maximum absolute atomic E-state index is 6.20. The SMILES string of the molecule is CNCP(C)C1CCCC1Cl. The van der Waals surface area contributed by atoms with E-state index < -0.39 is 0 Å². The largest absolute Gasteiger partial charge is 0.316 e. The number of alkyl halides is 1. The molecule has 0 bridgehead atoms. The molecule has 0 saturated heterocycles. The Bertz CT molecular complexity index is 121. The molecule has 1 rings (SSSR count). The van der Waals surface area contributed by atoms with Gasteiger partial charge in [-0.25, -0.2) is 0 Å². The average Bonchev–Trinajstić information content (AvgIpc) is 2.36. The molecule has 0 aliphatic heterocycles. The Balaban J connectivity index is 2.33. The topological polar surface area (TPSA) is 12.0 Å². The average molecular weight is 194 g/mol. The smallest absolute Gasteiger partial charge is 0.0403 e. The van der Waals surface area contributed by atoms with Crippen molar-refractivity contribution in [2.75, 3.05) is 20.0 Å². The lowest BCUT2D eigenvalue weighted by Gasteiger charge is -2.22. The highest BCUT2D eigenvalue weighted by Gasteiger charge is 2.28. The van der Waals surface area contributed by atoms with Crippen molar-refractivity contribution in [2.45, 2.75) is 30.3 Å². The van der Waals surface area contributed by atoms with Gasteiger partial charge in [-0.15, -0.1) is 11.6 Å². The van der Waals surface area contributed by atoms with Crippen LogP contribution in [0.2, 0.25) is 0 Å². The van der Waals surface area contributed by atoms with E-state index in [9.17, 15) is 0 Å². The molecule has 0 amide bonds. The molecular weight excluding hydrogens is 177 g/mol. The molecule has 1 nitrogen and oxygen atoms in total. The molecule has 1 saturated carbocycles. The van der Waals surface area contributed by atoms with Gasteiger partial charge in [-0.1, -0.05) is 14.3 Å². The number of hydrogen-bond donors (Lipinski definition) is 1. The quantitative estimate of drug-likeness (QED) is 0.536. The van der Waals surface area contributed by atoms with Crippen molar-refractivity contribution in [2.24, 2.45) is 0 Å². The van der Waals surface area contributed by atoms with Gasteiger partial charge >= 0.3 is 0 Å². The van der Waals surface area contributed by atoms with Gasteiger partial charge in [-0.2, -0.15) is 0 Å². The van der Waals surface area contributed by atoms with Gasteiger partial charge < -0.3 is 5.32 Å². The van der Waals surface area contributed by atoms with Gasteiger partial charge in [-0.05, 0) is 32.2 Å². The molecule has 0 spiro atoms. The van der Waals surface area contributed by atoms with E-state index in [1.165, 1.54) is 25.5 Å². The fourth-order valence-corrected chi connectivity index (χ4v) is 4.67. The summed E-state index contributed by atoms with van der Waals surface area (Å²) in [6, 6.07) is 0. The van der Waals surface area contributed by atoms with Crippen LogP contribution in [-0.4, -0.2) is 31.0 Å². The van der Waals surface area contributed by atoms with E-state index in [0.29, 0.717) is 5.38 Å². The van der Waals surface area contributed by atoms with Gasteiger partial charge in [0.1, 0.15) is 0 Å². The summed E-state index contributed by atoms with van der Waals surface area (Å²) in [5.41, 5.74) is 0.819. The molecule has 3 heteroatoms. The van der Waals surface area contributed by atoms with Gasteiger partial charge in [0.05, 0.1) is 0 Å². The summed E-state index contributed by atoms with van der Waals surface area (Å²) < 4.78 is 0. The minimum Gasteiger partial charge on any atom is -0.316 e. The zero-order chi connectivity index (χ0) is 8.27. The van der Waals surface area contributed by atoms with E-state index in [4.69, 9.17) is 11.6 Å². The minimum absolute atomic E-state index is 0.136. The lowest BCUT2D eigenvalue weighted by molar-refractivity contribution is 0.876. The highest BCUT2D eigenvalue weighted by Crippen LogP contribution is 2.46. The molecule has 66 valence electrons. The van der Waals surface area contributed by atoms with Crippen molar-refractivity contribution in [1.82, 2.24) is 5.32 Å². The monoisotopic (exact) mass is 193 g/mol. The van der Waals surface area contributed by atoms with Crippen molar-refractivity contribution < 1.29 is 0 Å². The molecular formula is C8H17ClNP. The normalized spacial score (nSPS) is 34.1. The molecule has 1 fully saturated rings. The van der Waals surface area contributed by atoms with Crippen LogP contribution in [0.25, 0.3) is 0 Å². The number of rotatable bonds is 3. The van der Waals surface area contributed by atoms with Gasteiger partial charge in [0, 0.05) is 11.7 Å². The van der Waals surface area contributed by atoms with Crippen molar-refractivity contribution in [1.29, 1.82) is 0 Å². The van der Waals surface area contributed by atoms with Gasteiger partial charge in [0.15, 0.2) is 0 Å². The fourth-order valence-electron chi connectivity index (χ4n) is 1.76. The standard InChI is InChI=1S/C8H17ClNP/c1-10-6-11(2)8-5-3-4-7(8)9/h7-8,10H,3-6H2,1-2H3. The lowest BCUT2D eigenvalue weighted by atomic mass is 10.4. The van der Waals surface area contributed by atoms with E-state index in [0.717, 1.165) is 5.66 Å². The van der Waals surface area contributed by atoms with Crippen molar-refractivity contribution in [3.8, 4) is 0 Å². The molecule has 1 N–H and O–H groups in total. The molecule has 0 aromatic rings. The van der Waals surface area contributed by atoms with Gasteiger partial charge in [0.25, 0.3) is 0 Å². The zero-order valence-electron chi connectivity index (χ0n) is 7.31. The Morgan fingerprint density at radius 3 is 2.73 bits per heavy atom. The molecule has 1 aliphatic rings. The second kappa shape index (κ2) is 4.64. The number of halogens is 1. The molecule has 0 radical (unpaired) electrons. The van der Waals surface area contributed by atoms with Crippen LogP contribution < -0.4 is 5.32 Å². The molecule has 0 aromatic heterocycles. The van der Waals surface area contributed by atoms with Crippen molar-refractivity contribution in [3.05, 3.63) is 0 Å². The predicted molar refractivity (Wildman–Crippen MR) is 54.1 cm³/mol. The summed E-state index contributed by atoms with van der Waals surface area (Å²) in [5.74, 6) is 0. The number of hydrogen-bond acceptors (Lipinski definition) is 1. The summed E-state index contributed by atoms with van der Waals surface area (Å²) in [4.78, 5) is 0. The molecule has 0 heterocycles. The Hall–Kier alpha value is 0.680. The van der Waals surface area contributed by atoms with Crippen LogP contribution in [0, 0.1) is 0 Å². The first-order valence-electron chi connectivity index (χ1n) is 4.24. The van der Waals surface area contributed by atoms with E-state index in [1.807, 2.05) is 7.05 Å². The predicted octanol–water partition coefficient (Wildman–Crippen LogP) is 2.43. The number of nitrogens with one attached hydrogen (secondary N) is 1. The zero-order valence-corrected chi connectivity index (χ0v) is 8.96. The Morgan fingerprint density at radius 2 is 2.27 bits per heavy atom. The van der Waals surface area contributed by atoms with Crippen LogP contribution in [0.4, 0.5) is 0 Å². The minimum atomic E-state index is 0.136. The summed E-state index contributed by atoms with van der Waals surface area (Å²) in [7, 11) is 2.16. The van der Waals surface area contributed by atoms with E-state index in [2.05, 4.69) is 12.0 Å². The van der Waals surface area contributed by atoms with Crippen LogP contribution >= 0.6 is 19.5 Å². The lowest BCUT2D eigenvalue weighted by Crippen LogP contribution is -2.17. The third kappa shape index (κ3) is 2.57. The second-order valence-electron chi connectivity index (χ2n) is 3.28.